The van der Waals surface area contributed by atoms with Crippen LogP contribution in [0.1, 0.15) is 79.0 Å². The number of benzene rings is 2. The van der Waals surface area contributed by atoms with Crippen molar-refractivity contribution in [1.29, 1.82) is 0 Å². The van der Waals surface area contributed by atoms with E-state index in [4.69, 9.17) is 9.47 Å². The Morgan fingerprint density at radius 2 is 1.44 bits per heavy atom. The maximum Gasteiger partial charge on any atom is 0.408 e. The third kappa shape index (κ3) is 12.3. The molecule has 2 aromatic rings. The molecule has 10 nitrogen and oxygen atoms in total. The Morgan fingerprint density at radius 1 is 0.867 bits per heavy atom. The van der Waals surface area contributed by atoms with E-state index in [1.165, 1.54) is 23.1 Å². The van der Waals surface area contributed by atoms with Crippen LogP contribution in [0.5, 0.6) is 5.75 Å². The molecule has 2 rings (SSSR count). The van der Waals surface area contributed by atoms with Crippen molar-refractivity contribution in [2.45, 2.75) is 97.6 Å². The summed E-state index contributed by atoms with van der Waals surface area (Å²) in [5.74, 6) is -2.20. The van der Waals surface area contributed by atoms with E-state index in [0.717, 1.165) is 5.56 Å². The zero-order chi connectivity index (χ0) is 33.9. The summed E-state index contributed by atoms with van der Waals surface area (Å²) in [6.07, 6.45) is 1.04. The molecule has 246 valence electrons. The number of nitrogens with zero attached hydrogens (tertiary/aromatic N) is 1. The molecule has 0 radical (unpaired) electrons. The topological polar surface area (TPSA) is 134 Å². The van der Waals surface area contributed by atoms with E-state index in [2.05, 4.69) is 17.2 Å². The number of carbonyl (C=O) groups is 4. The fraction of sp³-hybridized carbons (Fsp3) is 0.486. The number of alkyl carbamates (subject to hydrolysis) is 1. The molecule has 2 aromatic carbocycles. The molecule has 0 saturated heterocycles. The third-order valence-corrected chi connectivity index (χ3v) is 6.39. The molecule has 3 N–H and O–H groups in total. The number of rotatable bonds is 13. The highest BCUT2D eigenvalue weighted by atomic mass is 16.6. The van der Waals surface area contributed by atoms with Gasteiger partial charge in [0.15, 0.2) is 0 Å². The molecule has 0 saturated carbocycles. The number of phenols is 1. The zero-order valence-electron chi connectivity index (χ0n) is 27.8. The Morgan fingerprint density at radius 3 is 1.98 bits per heavy atom. The van der Waals surface area contributed by atoms with Crippen molar-refractivity contribution in [3.8, 4) is 5.75 Å². The molecule has 0 fully saturated rings. The second kappa shape index (κ2) is 16.1. The fourth-order valence-electron chi connectivity index (χ4n) is 4.64. The fourth-order valence-corrected chi connectivity index (χ4v) is 4.64. The van der Waals surface area contributed by atoms with Gasteiger partial charge in [0.25, 0.3) is 0 Å². The molecule has 3 unspecified atom stereocenters. The van der Waals surface area contributed by atoms with Gasteiger partial charge in [0.05, 0.1) is 0 Å². The Labute approximate surface area is 267 Å². The summed E-state index contributed by atoms with van der Waals surface area (Å²) in [4.78, 5) is 55.9. The van der Waals surface area contributed by atoms with Gasteiger partial charge in [-0.15, -0.1) is 6.58 Å². The summed E-state index contributed by atoms with van der Waals surface area (Å²) in [6, 6.07) is 11.7. The maximum atomic E-state index is 14.3. The number of hydrogen-bond acceptors (Lipinski definition) is 7. The normalized spacial score (nSPS) is 13.6. The summed E-state index contributed by atoms with van der Waals surface area (Å²) in [7, 11) is 0. The Hall–Kier alpha value is -4.34. The van der Waals surface area contributed by atoms with Crippen molar-refractivity contribution in [2.75, 3.05) is 6.54 Å². The first-order chi connectivity index (χ1) is 20.9. The summed E-state index contributed by atoms with van der Waals surface area (Å²) in [5.41, 5.74) is -0.709. The average molecular weight is 624 g/mol. The smallest absolute Gasteiger partial charge is 0.408 e. The van der Waals surface area contributed by atoms with Crippen LogP contribution in [0.25, 0.3) is 0 Å². The molecule has 0 bridgehead atoms. The van der Waals surface area contributed by atoms with E-state index in [-0.39, 0.29) is 36.6 Å². The number of amides is 3. The van der Waals surface area contributed by atoms with Gasteiger partial charge in [-0.25, -0.2) is 9.59 Å². The maximum absolute atomic E-state index is 14.3. The van der Waals surface area contributed by atoms with Crippen molar-refractivity contribution in [1.82, 2.24) is 15.5 Å². The molecule has 10 heteroatoms. The first-order valence-electron chi connectivity index (χ1n) is 15.2. The minimum Gasteiger partial charge on any atom is -0.508 e. The van der Waals surface area contributed by atoms with Gasteiger partial charge in [0.2, 0.25) is 11.8 Å². The Balaban J connectivity index is 2.59. The van der Waals surface area contributed by atoms with E-state index in [0.29, 0.717) is 0 Å². The highest BCUT2D eigenvalue weighted by Crippen LogP contribution is 2.30. The van der Waals surface area contributed by atoms with Crippen LogP contribution in [0.4, 0.5) is 4.79 Å². The van der Waals surface area contributed by atoms with Crippen LogP contribution < -0.4 is 10.6 Å². The van der Waals surface area contributed by atoms with Crippen LogP contribution in [0, 0.1) is 5.92 Å². The first kappa shape index (κ1) is 36.8. The number of hydrogen-bond donors (Lipinski definition) is 3. The van der Waals surface area contributed by atoms with Crippen molar-refractivity contribution in [2.24, 2.45) is 5.92 Å². The van der Waals surface area contributed by atoms with Gasteiger partial charge in [0, 0.05) is 18.5 Å². The van der Waals surface area contributed by atoms with E-state index < -0.39 is 53.2 Å². The Bertz CT molecular complexity index is 1310. The van der Waals surface area contributed by atoms with Crippen molar-refractivity contribution < 1.29 is 33.8 Å². The number of aromatic hydroxyl groups is 1. The van der Waals surface area contributed by atoms with Gasteiger partial charge < -0.3 is 30.1 Å². The van der Waals surface area contributed by atoms with Crippen molar-refractivity contribution >= 4 is 23.9 Å². The largest absolute Gasteiger partial charge is 0.508 e. The van der Waals surface area contributed by atoms with Crippen LogP contribution in [-0.2, 0) is 30.3 Å². The standard InChI is InChI=1S/C35H49N3O7/c1-10-20-38(31(41)26(21-23(2)3)37-33(43)45-35(7,8)9)29(25-18-14-15-19-28(25)39)30(40)36-27(32(42)44-34(4,5)6)22-24-16-12-11-13-17-24/h10-19,23,26-27,29,39H,1,20-22H2,2-9H3,(H,36,40)(H,37,43). The lowest BCUT2D eigenvalue weighted by Gasteiger charge is -2.35. The molecule has 0 heterocycles. The summed E-state index contributed by atoms with van der Waals surface area (Å²) < 4.78 is 11.1. The number of para-hydroxylation sites is 1. The van der Waals surface area contributed by atoms with Gasteiger partial charge >= 0.3 is 12.1 Å². The molecular formula is C35H49N3O7. The van der Waals surface area contributed by atoms with E-state index in [1.54, 1.807) is 53.7 Å². The lowest BCUT2D eigenvalue weighted by Crippen LogP contribution is -2.55. The lowest BCUT2D eigenvalue weighted by molar-refractivity contribution is -0.159. The molecule has 0 aliphatic carbocycles. The average Bonchev–Trinajstić information content (AvgIpc) is 2.91. The molecule has 0 aliphatic rings. The predicted molar refractivity (Wildman–Crippen MR) is 173 cm³/mol. The van der Waals surface area contributed by atoms with Crippen LogP contribution >= 0.6 is 0 Å². The molecular weight excluding hydrogens is 574 g/mol. The molecule has 3 atom stereocenters. The highest BCUT2D eigenvalue weighted by Gasteiger charge is 2.39. The monoisotopic (exact) mass is 623 g/mol. The van der Waals surface area contributed by atoms with Crippen molar-refractivity contribution in [3.63, 3.8) is 0 Å². The van der Waals surface area contributed by atoms with Gasteiger partial charge in [0.1, 0.15) is 35.1 Å². The van der Waals surface area contributed by atoms with Crippen LogP contribution in [-0.4, -0.2) is 63.7 Å². The van der Waals surface area contributed by atoms with E-state index >= 15 is 0 Å². The molecule has 45 heavy (non-hydrogen) atoms. The van der Waals surface area contributed by atoms with E-state index in [1.807, 2.05) is 44.2 Å². The summed E-state index contributed by atoms with van der Waals surface area (Å²) >= 11 is 0. The van der Waals surface area contributed by atoms with Crippen molar-refractivity contribution in [3.05, 3.63) is 78.4 Å². The van der Waals surface area contributed by atoms with Crippen LogP contribution in [0.3, 0.4) is 0 Å². The van der Waals surface area contributed by atoms with E-state index in [9.17, 15) is 24.3 Å². The van der Waals surface area contributed by atoms with Gasteiger partial charge in [-0.1, -0.05) is 68.5 Å². The number of phenolic OH excluding ortho intramolecular Hbond substituents is 1. The molecule has 3 amide bonds. The summed E-state index contributed by atoms with van der Waals surface area (Å²) in [6.45, 7) is 17.8. The quantitative estimate of drug-likeness (QED) is 0.199. The lowest BCUT2D eigenvalue weighted by atomic mass is 9.98. The second-order valence-corrected chi connectivity index (χ2v) is 13.4. The van der Waals surface area contributed by atoms with Gasteiger partial charge in [-0.05, 0) is 65.5 Å². The zero-order valence-corrected chi connectivity index (χ0v) is 27.8. The minimum absolute atomic E-state index is 0.0145. The second-order valence-electron chi connectivity index (χ2n) is 13.4. The third-order valence-electron chi connectivity index (χ3n) is 6.39. The molecule has 0 spiro atoms. The van der Waals surface area contributed by atoms with Crippen LogP contribution in [0.15, 0.2) is 67.3 Å². The molecule has 0 aliphatic heterocycles. The summed E-state index contributed by atoms with van der Waals surface area (Å²) in [5, 5.41) is 16.4. The highest BCUT2D eigenvalue weighted by molar-refractivity contribution is 5.94. The minimum atomic E-state index is -1.40. The number of ether oxygens (including phenoxy) is 2. The number of nitrogens with one attached hydrogen (secondary N) is 2. The predicted octanol–water partition coefficient (Wildman–Crippen LogP) is 5.46. The van der Waals surface area contributed by atoms with Gasteiger partial charge in [-0.2, -0.15) is 0 Å². The molecule has 0 aromatic heterocycles. The Kier molecular flexibility index (Phi) is 13.2. The van der Waals surface area contributed by atoms with Gasteiger partial charge in [-0.3, -0.25) is 9.59 Å². The first-order valence-corrected chi connectivity index (χ1v) is 15.2. The van der Waals surface area contributed by atoms with Crippen LogP contribution in [0.2, 0.25) is 0 Å². The number of esters is 1. The number of carbonyl (C=O) groups excluding carboxylic acids is 4. The SMILES string of the molecule is C=CCN(C(=O)C(CC(C)C)NC(=O)OC(C)(C)C)C(C(=O)NC(Cc1ccccc1)C(=O)OC(C)(C)C)c1ccccc1O.